The second kappa shape index (κ2) is 10.5. The summed E-state index contributed by atoms with van der Waals surface area (Å²) in [5.74, 6) is -0.450. The van der Waals surface area contributed by atoms with Crippen molar-refractivity contribution in [2.24, 2.45) is 0 Å². The summed E-state index contributed by atoms with van der Waals surface area (Å²) in [6.45, 7) is 6.34. The van der Waals surface area contributed by atoms with Gasteiger partial charge in [0.1, 0.15) is 13.2 Å². The van der Waals surface area contributed by atoms with Crippen LogP contribution in [0.3, 0.4) is 0 Å². The summed E-state index contributed by atoms with van der Waals surface area (Å²) in [5.41, 5.74) is 2.63. The van der Waals surface area contributed by atoms with Crippen molar-refractivity contribution < 1.29 is 19.0 Å². The van der Waals surface area contributed by atoms with Gasteiger partial charge in [0.15, 0.2) is 4.47 Å². The van der Waals surface area contributed by atoms with E-state index in [0.717, 1.165) is 16.1 Å². The second-order valence-electron chi connectivity index (χ2n) is 6.45. The average Bonchev–Trinajstić information content (AvgIpc) is 3.32. The highest BCUT2D eigenvalue weighted by atomic mass is 35.5. The normalized spacial score (nSPS) is 10.7. The number of Topliss-reactive ketones (excluding diaryl/α,β-unsaturated/α-hetero) is 1. The number of rotatable bonds is 7. The van der Waals surface area contributed by atoms with E-state index >= 15 is 0 Å². The number of fused-ring (bicyclic) bond motifs is 1. The molecule has 0 amide bonds. The number of hydrogen-bond donors (Lipinski definition) is 1. The van der Waals surface area contributed by atoms with E-state index in [0.29, 0.717) is 16.7 Å². The summed E-state index contributed by atoms with van der Waals surface area (Å²) < 4.78 is 9.34. The third kappa shape index (κ3) is 5.10. The number of hydrogen-bond acceptors (Lipinski definition) is 6. The van der Waals surface area contributed by atoms with E-state index in [2.05, 4.69) is 9.97 Å². The van der Waals surface area contributed by atoms with Gasteiger partial charge in [-0.15, -0.1) is 11.3 Å². The number of aromatic nitrogens is 4. The zero-order valence-electron chi connectivity index (χ0n) is 17.6. The van der Waals surface area contributed by atoms with Crippen molar-refractivity contribution in [3.05, 3.63) is 75.2 Å². The Bertz CT molecular complexity index is 1190. The third-order valence-corrected chi connectivity index (χ3v) is 5.62. The number of ketones is 1. The van der Waals surface area contributed by atoms with Gasteiger partial charge in [0.05, 0.1) is 23.4 Å². The first-order valence-corrected chi connectivity index (χ1v) is 11.1. The van der Waals surface area contributed by atoms with Gasteiger partial charge in [0, 0.05) is 18.5 Å². The number of nitrogens with zero attached hydrogens (tertiary/aromatic N) is 4. The minimum Gasteiger partial charge on any atom is -0.474 e. The number of aryl methyl sites for hydroxylation is 1. The van der Waals surface area contributed by atoms with Crippen molar-refractivity contribution in [3.63, 3.8) is 0 Å². The van der Waals surface area contributed by atoms with Crippen LogP contribution in [0.2, 0.25) is 4.47 Å². The van der Waals surface area contributed by atoms with Crippen LogP contribution in [0.1, 0.15) is 40.5 Å². The maximum absolute atomic E-state index is 12.9. The Hall–Kier alpha value is -2.81. The van der Waals surface area contributed by atoms with Gasteiger partial charge in [0.2, 0.25) is 5.78 Å². The van der Waals surface area contributed by atoms with Crippen molar-refractivity contribution in [2.45, 2.75) is 33.9 Å². The molecule has 0 saturated carbocycles. The maximum Gasteiger partial charge on any atom is 0.339 e. The first kappa shape index (κ1) is 22.9. The monoisotopic (exact) mass is 459 g/mol. The highest BCUT2D eigenvalue weighted by molar-refractivity contribution is 7.15. The highest BCUT2D eigenvalue weighted by Crippen LogP contribution is 2.24. The number of carbonyl (C=O) groups is 1. The van der Waals surface area contributed by atoms with Crippen molar-refractivity contribution in [1.82, 2.24) is 14.5 Å². The summed E-state index contributed by atoms with van der Waals surface area (Å²) in [4.78, 5) is 22.1. The van der Waals surface area contributed by atoms with Crippen molar-refractivity contribution in [2.75, 3.05) is 6.61 Å². The lowest BCUT2D eigenvalue weighted by Gasteiger charge is -2.05. The Morgan fingerprint density at radius 2 is 2.06 bits per heavy atom. The lowest BCUT2D eigenvalue weighted by molar-refractivity contribution is -0.521. The molecular formula is C22H24ClN4O3S+. The number of imidazole rings is 1. The average molecular weight is 460 g/mol. The number of pyridine rings is 2. The van der Waals surface area contributed by atoms with Gasteiger partial charge in [-0.3, -0.25) is 9.78 Å². The Morgan fingerprint density at radius 3 is 2.77 bits per heavy atom. The predicted molar refractivity (Wildman–Crippen MR) is 120 cm³/mol. The fourth-order valence-corrected chi connectivity index (χ4v) is 4.08. The summed E-state index contributed by atoms with van der Waals surface area (Å²) in [7, 11) is 0. The molecule has 0 spiro atoms. The molecule has 0 bridgehead atoms. The zero-order valence-corrected chi connectivity index (χ0v) is 19.2. The Balaban J connectivity index is 0.00000132. The van der Waals surface area contributed by atoms with Crippen LogP contribution in [0.15, 0.2) is 48.9 Å². The van der Waals surface area contributed by atoms with E-state index in [9.17, 15) is 9.90 Å². The van der Waals surface area contributed by atoms with Crippen LogP contribution in [0.5, 0.6) is 5.88 Å². The van der Waals surface area contributed by atoms with E-state index in [4.69, 9.17) is 16.3 Å². The standard InChI is InChI=1S/C20H17ClN4O3S.C2H6/c1-13-5-4-7-22-15(13)11-28-12-16(26)18-19(27)24-8-3-2-6-17(24)25(18)10-14-9-23-20(21)29-14;1-2/h2-9H,10-12H2,1H3;1-2H3/p+1. The fourth-order valence-electron chi connectivity index (χ4n) is 3.11. The molecule has 4 rings (SSSR count). The van der Waals surface area contributed by atoms with Gasteiger partial charge < -0.3 is 9.84 Å². The largest absolute Gasteiger partial charge is 0.474 e. The molecule has 0 aromatic carbocycles. The topological polar surface area (TPSA) is 81.3 Å². The van der Waals surface area contributed by atoms with Crippen LogP contribution in [-0.2, 0) is 17.9 Å². The first-order chi connectivity index (χ1) is 15.0. The van der Waals surface area contributed by atoms with Gasteiger partial charge in [-0.05, 0) is 24.6 Å². The third-order valence-electron chi connectivity index (χ3n) is 4.52. The molecule has 0 aliphatic rings. The Kier molecular flexibility index (Phi) is 7.73. The number of ether oxygens (including phenoxy) is 1. The minimum absolute atomic E-state index is 0.126. The van der Waals surface area contributed by atoms with E-state index in [1.807, 2.05) is 45.0 Å². The fraction of sp³-hybridized carbons (Fsp3) is 0.273. The summed E-state index contributed by atoms with van der Waals surface area (Å²) in [5, 5.41) is 10.7. The predicted octanol–water partition coefficient (Wildman–Crippen LogP) is 4.22. The van der Waals surface area contributed by atoms with Crippen LogP contribution in [0.4, 0.5) is 0 Å². The number of thiazole rings is 1. The number of carbonyl (C=O) groups excluding carboxylic acids is 1. The van der Waals surface area contributed by atoms with Crippen LogP contribution in [0.25, 0.3) is 5.65 Å². The quantitative estimate of drug-likeness (QED) is 0.330. The molecule has 0 atom stereocenters. The first-order valence-electron chi connectivity index (χ1n) is 9.88. The number of halogens is 1. The van der Waals surface area contributed by atoms with Crippen LogP contribution < -0.4 is 4.40 Å². The molecule has 0 unspecified atom stereocenters. The van der Waals surface area contributed by atoms with Crippen LogP contribution in [-0.4, -0.2) is 32.0 Å². The van der Waals surface area contributed by atoms with E-state index in [1.54, 1.807) is 33.6 Å². The number of aromatic hydroxyl groups is 1. The van der Waals surface area contributed by atoms with Crippen molar-refractivity contribution in [3.8, 4) is 5.88 Å². The Morgan fingerprint density at radius 1 is 1.26 bits per heavy atom. The van der Waals surface area contributed by atoms with Gasteiger partial charge in [-0.25, -0.2) is 9.55 Å². The van der Waals surface area contributed by atoms with Crippen molar-refractivity contribution >= 4 is 34.4 Å². The molecule has 4 aromatic rings. The zero-order chi connectivity index (χ0) is 22.4. The summed E-state index contributed by atoms with van der Waals surface area (Å²) >= 11 is 7.27. The molecule has 1 N–H and O–H groups in total. The van der Waals surface area contributed by atoms with Gasteiger partial charge in [-0.1, -0.05) is 37.6 Å². The lowest BCUT2D eigenvalue weighted by atomic mass is 10.2. The molecule has 0 aliphatic carbocycles. The van der Waals surface area contributed by atoms with Gasteiger partial charge >= 0.3 is 5.88 Å². The van der Waals surface area contributed by atoms with Crippen molar-refractivity contribution in [1.29, 1.82) is 0 Å². The SMILES string of the molecule is CC.Cc1cccnc1COCC(=O)c1c(O)[n+]2ccccc2n1Cc1cnc(Cl)s1. The van der Waals surface area contributed by atoms with Crippen LogP contribution >= 0.6 is 22.9 Å². The van der Waals surface area contributed by atoms with Gasteiger partial charge in [-0.2, -0.15) is 4.40 Å². The van der Waals surface area contributed by atoms with E-state index in [-0.39, 0.29) is 30.6 Å². The van der Waals surface area contributed by atoms with Crippen LogP contribution in [0, 0.1) is 6.92 Å². The molecule has 0 radical (unpaired) electrons. The Labute approximate surface area is 189 Å². The molecule has 9 heteroatoms. The lowest BCUT2D eigenvalue weighted by Crippen LogP contribution is -2.19. The molecule has 4 heterocycles. The minimum atomic E-state index is -0.324. The summed E-state index contributed by atoms with van der Waals surface area (Å²) in [6, 6.07) is 9.25. The molecular weight excluding hydrogens is 436 g/mol. The molecule has 0 aliphatic heterocycles. The molecule has 162 valence electrons. The van der Waals surface area contributed by atoms with Gasteiger partial charge in [0.25, 0.3) is 11.3 Å². The van der Waals surface area contributed by atoms with E-state index in [1.165, 1.54) is 11.3 Å². The van der Waals surface area contributed by atoms with E-state index < -0.39 is 0 Å². The molecule has 7 nitrogen and oxygen atoms in total. The molecule has 0 fully saturated rings. The molecule has 31 heavy (non-hydrogen) atoms. The summed E-state index contributed by atoms with van der Waals surface area (Å²) in [6.07, 6.45) is 5.06. The smallest absolute Gasteiger partial charge is 0.339 e. The second-order valence-corrected chi connectivity index (χ2v) is 8.15. The molecule has 4 aromatic heterocycles. The maximum atomic E-state index is 12.9. The molecule has 0 saturated heterocycles. The highest BCUT2D eigenvalue weighted by Gasteiger charge is 2.31.